The molecule has 4 aromatic rings. The monoisotopic (exact) mass is 308 g/mol. The first-order chi connectivity index (χ1) is 11.8. The lowest BCUT2D eigenvalue weighted by Crippen LogP contribution is -1.94. The van der Waals surface area contributed by atoms with E-state index in [1.54, 1.807) is 5.57 Å². The molecule has 0 spiro atoms. The Kier molecular flexibility index (Phi) is 2.99. The summed E-state index contributed by atoms with van der Waals surface area (Å²) in [6.07, 6.45) is 8.20. The van der Waals surface area contributed by atoms with Gasteiger partial charge in [0.25, 0.3) is 0 Å². The topological polar surface area (TPSA) is 0 Å². The fraction of sp³-hybridized carbons (Fsp3) is 0.167. The van der Waals surface area contributed by atoms with Gasteiger partial charge in [0, 0.05) is 0 Å². The van der Waals surface area contributed by atoms with E-state index in [-0.39, 0.29) is 0 Å². The highest BCUT2D eigenvalue weighted by Crippen LogP contribution is 2.39. The van der Waals surface area contributed by atoms with Crippen LogP contribution >= 0.6 is 0 Å². The molecule has 116 valence electrons. The number of hydrogen-bond acceptors (Lipinski definition) is 0. The molecule has 0 nitrogen and oxygen atoms in total. The third-order valence-electron chi connectivity index (χ3n) is 5.55. The summed E-state index contributed by atoms with van der Waals surface area (Å²) in [5.74, 6) is 0. The van der Waals surface area contributed by atoms with Crippen molar-refractivity contribution in [3.8, 4) is 0 Å². The molecule has 24 heavy (non-hydrogen) atoms. The van der Waals surface area contributed by atoms with Crippen molar-refractivity contribution in [2.45, 2.75) is 26.2 Å². The standard InChI is InChI=1S/C24H20/c1-2-16-6-8-17(9-7-16)21-14-12-20-11-10-18-4-3-5-19-13-15-22(21)24(20)23(18)19/h3-6,9-15H,2,7-8H2,1H3. The van der Waals surface area contributed by atoms with Crippen LogP contribution in [0.15, 0.2) is 72.3 Å². The Morgan fingerprint density at radius 3 is 2.12 bits per heavy atom. The van der Waals surface area contributed by atoms with Crippen LogP contribution in [0.2, 0.25) is 0 Å². The van der Waals surface area contributed by atoms with Gasteiger partial charge in [0.05, 0.1) is 0 Å². The van der Waals surface area contributed by atoms with Crippen LogP contribution in [0.4, 0.5) is 0 Å². The summed E-state index contributed by atoms with van der Waals surface area (Å²) in [6.45, 7) is 2.25. The average Bonchev–Trinajstić information content (AvgIpc) is 2.66. The molecule has 1 aliphatic carbocycles. The minimum absolute atomic E-state index is 1.06. The zero-order chi connectivity index (χ0) is 16.1. The summed E-state index contributed by atoms with van der Waals surface area (Å²) in [5, 5.41) is 8.27. The summed E-state index contributed by atoms with van der Waals surface area (Å²) in [4.78, 5) is 0. The van der Waals surface area contributed by atoms with Crippen LogP contribution in [-0.4, -0.2) is 0 Å². The SMILES string of the molecule is CCC1=CCC(c2ccc3ccc4cccc5ccc2c3c45)=CC1. The molecule has 5 rings (SSSR count). The molecule has 0 bridgehead atoms. The molecule has 0 heterocycles. The molecule has 0 amide bonds. The first kappa shape index (κ1) is 13.8. The van der Waals surface area contributed by atoms with Crippen LogP contribution in [0, 0.1) is 0 Å². The van der Waals surface area contributed by atoms with Gasteiger partial charge in [0.2, 0.25) is 0 Å². The Morgan fingerprint density at radius 2 is 1.42 bits per heavy atom. The number of benzene rings is 4. The lowest BCUT2D eigenvalue weighted by Gasteiger charge is -2.18. The number of rotatable bonds is 2. The highest BCUT2D eigenvalue weighted by molar-refractivity contribution is 6.24. The van der Waals surface area contributed by atoms with Gasteiger partial charge in [-0.15, -0.1) is 0 Å². The summed E-state index contributed by atoms with van der Waals surface area (Å²) in [5.41, 5.74) is 4.45. The van der Waals surface area contributed by atoms with Crippen molar-refractivity contribution in [3.05, 3.63) is 77.9 Å². The van der Waals surface area contributed by atoms with Gasteiger partial charge in [-0.3, -0.25) is 0 Å². The minimum Gasteiger partial charge on any atom is -0.0806 e. The van der Waals surface area contributed by atoms with E-state index in [9.17, 15) is 0 Å². The van der Waals surface area contributed by atoms with Crippen LogP contribution < -0.4 is 0 Å². The molecular weight excluding hydrogens is 288 g/mol. The second-order valence-corrected chi connectivity index (χ2v) is 6.82. The summed E-state index contributed by atoms with van der Waals surface area (Å²) in [7, 11) is 0. The van der Waals surface area contributed by atoms with Crippen LogP contribution in [-0.2, 0) is 0 Å². The molecule has 0 aromatic heterocycles. The lowest BCUT2D eigenvalue weighted by atomic mass is 9.87. The van der Waals surface area contributed by atoms with Crippen molar-refractivity contribution in [1.29, 1.82) is 0 Å². The van der Waals surface area contributed by atoms with Crippen molar-refractivity contribution >= 4 is 37.9 Å². The Labute approximate surface area is 142 Å². The van der Waals surface area contributed by atoms with Gasteiger partial charge >= 0.3 is 0 Å². The first-order valence-electron chi connectivity index (χ1n) is 8.89. The second-order valence-electron chi connectivity index (χ2n) is 6.82. The van der Waals surface area contributed by atoms with Gasteiger partial charge in [0.15, 0.2) is 0 Å². The van der Waals surface area contributed by atoms with E-state index in [0.29, 0.717) is 0 Å². The molecule has 0 radical (unpaired) electrons. The van der Waals surface area contributed by atoms with E-state index in [2.05, 4.69) is 73.7 Å². The smallest absolute Gasteiger partial charge is 0.00207 e. The zero-order valence-corrected chi connectivity index (χ0v) is 14.0. The van der Waals surface area contributed by atoms with Crippen LogP contribution in [0.1, 0.15) is 31.7 Å². The van der Waals surface area contributed by atoms with Gasteiger partial charge < -0.3 is 0 Å². The molecule has 0 heteroatoms. The van der Waals surface area contributed by atoms with Crippen LogP contribution in [0.5, 0.6) is 0 Å². The minimum atomic E-state index is 1.06. The van der Waals surface area contributed by atoms with E-state index in [1.165, 1.54) is 49.9 Å². The summed E-state index contributed by atoms with van der Waals surface area (Å²) >= 11 is 0. The Hall–Kier alpha value is -2.60. The largest absolute Gasteiger partial charge is 0.0806 e. The molecule has 0 saturated heterocycles. The molecule has 0 atom stereocenters. The van der Waals surface area contributed by atoms with Crippen molar-refractivity contribution in [1.82, 2.24) is 0 Å². The van der Waals surface area contributed by atoms with E-state index in [1.807, 2.05) is 0 Å². The van der Waals surface area contributed by atoms with E-state index in [0.717, 1.165) is 12.8 Å². The highest BCUT2D eigenvalue weighted by atomic mass is 14.2. The maximum atomic E-state index is 2.44. The average molecular weight is 308 g/mol. The van der Waals surface area contributed by atoms with E-state index < -0.39 is 0 Å². The molecule has 0 saturated carbocycles. The third-order valence-corrected chi connectivity index (χ3v) is 5.55. The molecule has 0 N–H and O–H groups in total. The molecule has 0 fully saturated rings. The summed E-state index contributed by atoms with van der Waals surface area (Å²) < 4.78 is 0. The molecule has 0 unspecified atom stereocenters. The van der Waals surface area contributed by atoms with E-state index in [4.69, 9.17) is 0 Å². The molecular formula is C24H20. The third kappa shape index (κ3) is 1.93. The van der Waals surface area contributed by atoms with Crippen LogP contribution in [0.25, 0.3) is 37.9 Å². The van der Waals surface area contributed by atoms with Gasteiger partial charge in [0.1, 0.15) is 0 Å². The van der Waals surface area contributed by atoms with Crippen molar-refractivity contribution in [2.75, 3.05) is 0 Å². The molecule has 1 aliphatic rings. The second kappa shape index (κ2) is 5.21. The Bertz CT molecular complexity index is 1110. The summed E-state index contributed by atoms with van der Waals surface area (Å²) in [6, 6.07) is 20.3. The maximum Gasteiger partial charge on any atom is -0.00207 e. The lowest BCUT2D eigenvalue weighted by molar-refractivity contribution is 0.997. The predicted molar refractivity (Wildman–Crippen MR) is 106 cm³/mol. The van der Waals surface area contributed by atoms with Gasteiger partial charge in [-0.1, -0.05) is 79.2 Å². The Balaban J connectivity index is 1.81. The fourth-order valence-electron chi connectivity index (χ4n) is 4.20. The van der Waals surface area contributed by atoms with Crippen LogP contribution in [0.3, 0.4) is 0 Å². The molecule has 4 aromatic carbocycles. The number of hydrogen-bond donors (Lipinski definition) is 0. The van der Waals surface area contributed by atoms with Gasteiger partial charge in [-0.25, -0.2) is 0 Å². The quantitative estimate of drug-likeness (QED) is 0.274. The van der Waals surface area contributed by atoms with E-state index >= 15 is 0 Å². The normalized spacial score (nSPS) is 15.2. The van der Waals surface area contributed by atoms with Crippen molar-refractivity contribution in [2.24, 2.45) is 0 Å². The highest BCUT2D eigenvalue weighted by Gasteiger charge is 2.14. The fourth-order valence-corrected chi connectivity index (χ4v) is 4.20. The van der Waals surface area contributed by atoms with Gasteiger partial charge in [-0.2, -0.15) is 0 Å². The van der Waals surface area contributed by atoms with Gasteiger partial charge in [-0.05, 0) is 62.7 Å². The molecule has 0 aliphatic heterocycles. The first-order valence-corrected chi connectivity index (χ1v) is 8.89. The van der Waals surface area contributed by atoms with Crippen molar-refractivity contribution in [3.63, 3.8) is 0 Å². The Morgan fingerprint density at radius 1 is 0.708 bits per heavy atom. The maximum absolute atomic E-state index is 2.44. The zero-order valence-electron chi connectivity index (χ0n) is 14.0. The van der Waals surface area contributed by atoms with Crippen molar-refractivity contribution < 1.29 is 0 Å². The number of allylic oxidation sites excluding steroid dienone is 4. The predicted octanol–water partition coefficient (Wildman–Crippen LogP) is 7.10.